The molecule has 1 aliphatic rings. The lowest BCUT2D eigenvalue weighted by atomic mass is 10.0. The van der Waals surface area contributed by atoms with Crippen LogP contribution in [0.15, 0.2) is 35.0 Å². The first-order valence-corrected chi connectivity index (χ1v) is 8.05. The summed E-state index contributed by atoms with van der Waals surface area (Å²) in [5.41, 5.74) is 3.02. The minimum atomic E-state index is -0.736. The molecule has 1 aliphatic heterocycles. The quantitative estimate of drug-likeness (QED) is 0.943. The second-order valence-corrected chi connectivity index (χ2v) is 6.18. The van der Waals surface area contributed by atoms with Gasteiger partial charge in [-0.15, -0.1) is 0 Å². The number of aryl methyl sites for hydroxylation is 1. The van der Waals surface area contributed by atoms with E-state index in [4.69, 9.17) is 0 Å². The third-order valence-corrected chi connectivity index (χ3v) is 4.66. The number of hydrogen-bond donors (Lipinski definition) is 1. The summed E-state index contributed by atoms with van der Waals surface area (Å²) >= 11 is 1.63. The van der Waals surface area contributed by atoms with E-state index in [1.165, 1.54) is 0 Å². The molecule has 0 saturated carbocycles. The van der Waals surface area contributed by atoms with Crippen molar-refractivity contribution in [1.82, 2.24) is 9.88 Å². The van der Waals surface area contributed by atoms with E-state index in [1.54, 1.807) is 11.3 Å². The molecule has 0 spiro atoms. The van der Waals surface area contributed by atoms with Crippen molar-refractivity contribution in [3.8, 4) is 0 Å². The van der Waals surface area contributed by atoms with Crippen LogP contribution in [0.4, 0.5) is 0 Å². The van der Waals surface area contributed by atoms with E-state index >= 15 is 0 Å². The number of hydrogen-bond acceptors (Lipinski definition) is 4. The van der Waals surface area contributed by atoms with Crippen LogP contribution in [-0.4, -0.2) is 33.5 Å². The van der Waals surface area contributed by atoms with E-state index in [1.807, 2.05) is 30.5 Å². The molecule has 3 heterocycles. The van der Waals surface area contributed by atoms with E-state index < -0.39 is 12.0 Å². The van der Waals surface area contributed by atoms with Crippen LogP contribution in [0, 0.1) is 6.92 Å². The number of aliphatic carboxylic acids is 1. The Kier molecular flexibility index (Phi) is 4.03. The van der Waals surface area contributed by atoms with E-state index in [0.29, 0.717) is 6.42 Å². The molecule has 2 aromatic heterocycles. The smallest absolute Gasteiger partial charge is 0.320 e. The van der Waals surface area contributed by atoms with E-state index in [-0.39, 0.29) is 6.04 Å². The first kappa shape index (κ1) is 14.2. The zero-order valence-electron chi connectivity index (χ0n) is 11.9. The number of carboxylic acids is 1. The molecule has 0 radical (unpaired) electrons. The second kappa shape index (κ2) is 5.95. The van der Waals surface area contributed by atoms with E-state index in [0.717, 1.165) is 29.9 Å². The van der Waals surface area contributed by atoms with Gasteiger partial charge in [0.2, 0.25) is 0 Å². The summed E-state index contributed by atoms with van der Waals surface area (Å²) in [5.74, 6) is -0.736. The number of carbonyl (C=O) groups is 1. The molecule has 4 nitrogen and oxygen atoms in total. The fourth-order valence-electron chi connectivity index (χ4n) is 3.04. The predicted octanol–water partition coefficient (Wildman–Crippen LogP) is 3.09. The van der Waals surface area contributed by atoms with Crippen LogP contribution in [0.25, 0.3) is 0 Å². The van der Waals surface area contributed by atoms with Crippen molar-refractivity contribution in [2.24, 2.45) is 0 Å². The highest BCUT2D eigenvalue weighted by Crippen LogP contribution is 2.35. The van der Waals surface area contributed by atoms with Gasteiger partial charge in [-0.25, -0.2) is 0 Å². The number of rotatable bonds is 4. The van der Waals surface area contributed by atoms with Crippen LogP contribution in [0.2, 0.25) is 0 Å². The minimum Gasteiger partial charge on any atom is -0.480 e. The number of aromatic nitrogens is 1. The van der Waals surface area contributed by atoms with Crippen LogP contribution in [0.1, 0.15) is 35.8 Å². The molecule has 110 valence electrons. The van der Waals surface area contributed by atoms with Crippen LogP contribution in [0.3, 0.4) is 0 Å². The summed E-state index contributed by atoms with van der Waals surface area (Å²) in [6.45, 7) is 2.76. The number of carboxylic acid groups (broad SMARTS) is 1. The molecular formula is C16H18N2O2S. The van der Waals surface area contributed by atoms with Crippen molar-refractivity contribution < 1.29 is 9.90 Å². The zero-order chi connectivity index (χ0) is 14.8. The van der Waals surface area contributed by atoms with Crippen LogP contribution in [0.5, 0.6) is 0 Å². The van der Waals surface area contributed by atoms with Gasteiger partial charge in [-0.2, -0.15) is 11.3 Å². The third kappa shape index (κ3) is 2.84. The molecule has 21 heavy (non-hydrogen) atoms. The molecule has 0 amide bonds. The molecule has 0 bridgehead atoms. The monoisotopic (exact) mass is 302 g/mol. The van der Waals surface area contributed by atoms with Crippen molar-refractivity contribution in [2.75, 3.05) is 6.54 Å². The Morgan fingerprint density at radius 2 is 2.33 bits per heavy atom. The highest BCUT2D eigenvalue weighted by molar-refractivity contribution is 7.08. The van der Waals surface area contributed by atoms with E-state index in [9.17, 15) is 9.90 Å². The summed E-state index contributed by atoms with van der Waals surface area (Å²) in [6, 6.07) is 7.52. The molecular weight excluding hydrogens is 284 g/mol. The predicted molar refractivity (Wildman–Crippen MR) is 82.5 cm³/mol. The van der Waals surface area contributed by atoms with Gasteiger partial charge in [0, 0.05) is 12.2 Å². The van der Waals surface area contributed by atoms with Crippen molar-refractivity contribution in [3.63, 3.8) is 0 Å². The topological polar surface area (TPSA) is 53.4 Å². The van der Waals surface area contributed by atoms with Gasteiger partial charge in [0.1, 0.15) is 6.04 Å². The summed E-state index contributed by atoms with van der Waals surface area (Å²) in [4.78, 5) is 18.2. The highest BCUT2D eigenvalue weighted by atomic mass is 32.1. The lowest BCUT2D eigenvalue weighted by Crippen LogP contribution is -2.39. The average Bonchev–Trinajstić information content (AvgIpc) is 3.10. The van der Waals surface area contributed by atoms with Crippen molar-refractivity contribution in [1.29, 1.82) is 0 Å². The van der Waals surface area contributed by atoms with Crippen molar-refractivity contribution in [3.05, 3.63) is 52.0 Å². The number of nitrogens with zero attached hydrogens (tertiary/aromatic N) is 2. The molecule has 5 heteroatoms. The van der Waals surface area contributed by atoms with Gasteiger partial charge in [-0.3, -0.25) is 14.7 Å². The fourth-order valence-corrected chi connectivity index (χ4v) is 3.72. The Balaban J connectivity index is 2.03. The van der Waals surface area contributed by atoms with Crippen molar-refractivity contribution in [2.45, 2.75) is 31.8 Å². The largest absolute Gasteiger partial charge is 0.480 e. The lowest BCUT2D eigenvalue weighted by molar-refractivity contribution is -0.142. The molecule has 1 saturated heterocycles. The standard InChI is InChI=1S/C16H18N2O2S/c1-11-4-2-5-13(17-11)15(12-7-9-21-10-12)18-8-3-6-14(18)16(19)20/h2,4-5,7,9-10,14-15H,3,6,8H2,1H3,(H,19,20). The van der Waals surface area contributed by atoms with Gasteiger partial charge in [0.15, 0.2) is 0 Å². The first-order chi connectivity index (χ1) is 10.2. The summed E-state index contributed by atoms with van der Waals surface area (Å²) in [5, 5.41) is 13.6. The molecule has 1 N–H and O–H groups in total. The van der Waals surface area contributed by atoms with E-state index in [2.05, 4.69) is 21.3 Å². The van der Waals surface area contributed by atoms with Crippen molar-refractivity contribution >= 4 is 17.3 Å². The number of likely N-dealkylation sites (tertiary alicyclic amines) is 1. The van der Waals surface area contributed by atoms with Gasteiger partial charge in [0.25, 0.3) is 0 Å². The Hall–Kier alpha value is -1.72. The molecule has 0 aromatic carbocycles. The summed E-state index contributed by atoms with van der Waals surface area (Å²) in [7, 11) is 0. The maximum atomic E-state index is 11.5. The van der Waals surface area contributed by atoms with Gasteiger partial charge in [-0.1, -0.05) is 6.07 Å². The summed E-state index contributed by atoms with van der Waals surface area (Å²) in [6.07, 6.45) is 1.63. The lowest BCUT2D eigenvalue weighted by Gasteiger charge is -2.30. The van der Waals surface area contributed by atoms with Gasteiger partial charge < -0.3 is 5.11 Å². The Bertz CT molecular complexity index is 627. The Morgan fingerprint density at radius 3 is 3.00 bits per heavy atom. The highest BCUT2D eigenvalue weighted by Gasteiger charge is 2.37. The Labute approximate surface area is 128 Å². The van der Waals surface area contributed by atoms with Crippen LogP contribution < -0.4 is 0 Å². The summed E-state index contributed by atoms with van der Waals surface area (Å²) < 4.78 is 0. The molecule has 2 aromatic rings. The molecule has 3 rings (SSSR count). The van der Waals surface area contributed by atoms with Gasteiger partial charge >= 0.3 is 5.97 Å². The maximum Gasteiger partial charge on any atom is 0.320 e. The zero-order valence-corrected chi connectivity index (χ0v) is 12.7. The average molecular weight is 302 g/mol. The van der Waals surface area contributed by atoms with Gasteiger partial charge in [0.05, 0.1) is 11.7 Å². The Morgan fingerprint density at radius 1 is 1.48 bits per heavy atom. The molecule has 1 fully saturated rings. The number of pyridine rings is 1. The molecule has 0 aliphatic carbocycles. The first-order valence-electron chi connectivity index (χ1n) is 7.11. The minimum absolute atomic E-state index is 0.0697. The van der Waals surface area contributed by atoms with Crippen LogP contribution in [-0.2, 0) is 4.79 Å². The normalized spacial score (nSPS) is 20.5. The maximum absolute atomic E-state index is 11.5. The second-order valence-electron chi connectivity index (χ2n) is 5.40. The third-order valence-electron chi connectivity index (χ3n) is 3.96. The van der Waals surface area contributed by atoms with Crippen LogP contribution >= 0.6 is 11.3 Å². The fraction of sp³-hybridized carbons (Fsp3) is 0.375. The molecule has 2 unspecified atom stereocenters. The molecule has 2 atom stereocenters. The SMILES string of the molecule is Cc1cccc(C(c2ccsc2)N2CCCC2C(=O)O)n1. The number of thiophene rings is 1. The van der Waals surface area contributed by atoms with Gasteiger partial charge in [-0.05, 0) is 54.3 Å².